The molecule has 1 unspecified atom stereocenters. The Balaban J connectivity index is 2.44. The quantitative estimate of drug-likeness (QED) is 0.754. The van der Waals surface area contributed by atoms with Crippen molar-refractivity contribution in [2.75, 3.05) is 11.4 Å². The zero-order valence-corrected chi connectivity index (χ0v) is 9.49. The van der Waals surface area contributed by atoms with Gasteiger partial charge in [-0.15, -0.1) is 6.58 Å². The molecule has 0 aliphatic carbocycles. The molecule has 92 valence electrons. The van der Waals surface area contributed by atoms with Crippen LogP contribution in [0.15, 0.2) is 24.8 Å². The van der Waals surface area contributed by atoms with Gasteiger partial charge in [0.1, 0.15) is 5.69 Å². The van der Waals surface area contributed by atoms with Crippen LogP contribution < -0.4 is 4.90 Å². The van der Waals surface area contributed by atoms with Gasteiger partial charge in [-0.25, -0.2) is 8.78 Å². The van der Waals surface area contributed by atoms with Crippen LogP contribution in [0.5, 0.6) is 0 Å². The molecular weight excluding hydrogens is 238 g/mol. The molecule has 0 aromatic heterocycles. The maximum atomic E-state index is 13.7. The van der Waals surface area contributed by atoms with E-state index in [0.717, 1.165) is 17.0 Å². The van der Waals surface area contributed by atoms with E-state index in [1.165, 1.54) is 0 Å². The molecule has 1 saturated heterocycles. The van der Waals surface area contributed by atoms with Crippen LogP contribution in [-0.2, 0) is 4.79 Å². The molecule has 1 fully saturated rings. The lowest BCUT2D eigenvalue weighted by molar-refractivity contribution is -0.117. The number of hydrogen-bond acceptors (Lipinski definition) is 2. The third-order valence-electron chi connectivity index (χ3n) is 2.90. The molecule has 1 amide bonds. The van der Waals surface area contributed by atoms with Crippen LogP contribution in [-0.4, -0.2) is 12.5 Å². The molecule has 0 saturated carbocycles. The summed E-state index contributed by atoms with van der Waals surface area (Å²) >= 11 is 0. The molecule has 0 spiro atoms. The monoisotopic (exact) mass is 248 g/mol. The van der Waals surface area contributed by atoms with Gasteiger partial charge in [0, 0.05) is 18.9 Å². The Morgan fingerprint density at radius 1 is 1.44 bits per heavy atom. The fourth-order valence-electron chi connectivity index (χ4n) is 2.00. The van der Waals surface area contributed by atoms with Crippen molar-refractivity contribution in [3.63, 3.8) is 0 Å². The number of rotatable bonds is 2. The standard InChI is InChI=1S/C13H10F2N2O/c1-2-8-5-12(18)17(7-8)13-10(14)3-9(6-16)4-11(13)15/h2-4,8H,1,5,7H2. The van der Waals surface area contributed by atoms with Gasteiger partial charge in [-0.2, -0.15) is 5.26 Å². The van der Waals surface area contributed by atoms with Crippen molar-refractivity contribution in [3.8, 4) is 6.07 Å². The van der Waals surface area contributed by atoms with Gasteiger partial charge >= 0.3 is 0 Å². The normalized spacial score (nSPS) is 18.8. The van der Waals surface area contributed by atoms with E-state index in [2.05, 4.69) is 6.58 Å². The predicted molar refractivity (Wildman–Crippen MR) is 61.7 cm³/mol. The highest BCUT2D eigenvalue weighted by Gasteiger charge is 2.32. The Kier molecular flexibility index (Phi) is 3.11. The fraction of sp³-hybridized carbons (Fsp3) is 0.231. The summed E-state index contributed by atoms with van der Waals surface area (Å²) < 4.78 is 27.5. The molecule has 5 heteroatoms. The number of nitriles is 1. The number of carbonyl (C=O) groups is 1. The number of benzene rings is 1. The first kappa shape index (κ1) is 12.2. The predicted octanol–water partition coefficient (Wildman–Crippen LogP) is 2.38. The van der Waals surface area contributed by atoms with E-state index in [0.29, 0.717) is 0 Å². The summed E-state index contributed by atoms with van der Waals surface area (Å²) in [5.41, 5.74) is -0.496. The average molecular weight is 248 g/mol. The number of anilines is 1. The van der Waals surface area contributed by atoms with E-state index in [9.17, 15) is 13.6 Å². The van der Waals surface area contributed by atoms with Crippen molar-refractivity contribution in [1.29, 1.82) is 5.26 Å². The summed E-state index contributed by atoms with van der Waals surface area (Å²) in [5.74, 6) is -2.25. The second-order valence-electron chi connectivity index (χ2n) is 4.10. The first-order valence-corrected chi connectivity index (χ1v) is 5.39. The Morgan fingerprint density at radius 2 is 2.06 bits per heavy atom. The summed E-state index contributed by atoms with van der Waals surface area (Å²) in [6.45, 7) is 3.78. The van der Waals surface area contributed by atoms with Crippen LogP contribution >= 0.6 is 0 Å². The summed E-state index contributed by atoms with van der Waals surface area (Å²) in [7, 11) is 0. The summed E-state index contributed by atoms with van der Waals surface area (Å²) in [6.07, 6.45) is 1.79. The summed E-state index contributed by atoms with van der Waals surface area (Å²) in [6, 6.07) is 3.51. The third-order valence-corrected chi connectivity index (χ3v) is 2.90. The highest BCUT2D eigenvalue weighted by atomic mass is 19.1. The first-order chi connectivity index (χ1) is 8.56. The molecular formula is C13H10F2N2O. The second kappa shape index (κ2) is 4.57. The first-order valence-electron chi connectivity index (χ1n) is 5.39. The number of hydrogen-bond donors (Lipinski definition) is 0. The molecule has 18 heavy (non-hydrogen) atoms. The lowest BCUT2D eigenvalue weighted by Crippen LogP contribution is -2.26. The minimum Gasteiger partial charge on any atom is -0.307 e. The van der Waals surface area contributed by atoms with Gasteiger partial charge in [-0.05, 0) is 12.1 Å². The third kappa shape index (κ3) is 1.97. The minimum atomic E-state index is -0.899. The molecule has 0 radical (unpaired) electrons. The molecule has 1 heterocycles. The van der Waals surface area contributed by atoms with Crippen LogP contribution in [0.4, 0.5) is 14.5 Å². The Morgan fingerprint density at radius 3 is 2.50 bits per heavy atom. The van der Waals surface area contributed by atoms with E-state index < -0.39 is 11.6 Å². The van der Waals surface area contributed by atoms with Crippen molar-refractivity contribution in [2.45, 2.75) is 6.42 Å². The average Bonchev–Trinajstić information content (AvgIpc) is 2.70. The lowest BCUT2D eigenvalue weighted by atomic mass is 10.1. The molecule has 3 nitrogen and oxygen atoms in total. The topological polar surface area (TPSA) is 44.1 Å². The van der Waals surface area contributed by atoms with Crippen molar-refractivity contribution < 1.29 is 13.6 Å². The molecule has 0 bridgehead atoms. The SMILES string of the molecule is C=CC1CC(=O)N(c2c(F)cc(C#N)cc2F)C1. The molecule has 1 aliphatic heterocycles. The maximum absolute atomic E-state index is 13.7. The van der Waals surface area contributed by atoms with Crippen LogP contribution in [0.3, 0.4) is 0 Å². The Bertz CT molecular complexity index is 540. The van der Waals surface area contributed by atoms with E-state index in [-0.39, 0.29) is 36.0 Å². The van der Waals surface area contributed by atoms with Gasteiger partial charge in [-0.3, -0.25) is 4.79 Å². The van der Waals surface area contributed by atoms with E-state index in [4.69, 9.17) is 5.26 Å². The maximum Gasteiger partial charge on any atom is 0.227 e. The van der Waals surface area contributed by atoms with Crippen molar-refractivity contribution in [1.82, 2.24) is 0 Å². The zero-order valence-electron chi connectivity index (χ0n) is 9.49. The molecule has 1 aliphatic rings. The van der Waals surface area contributed by atoms with E-state index >= 15 is 0 Å². The smallest absolute Gasteiger partial charge is 0.227 e. The van der Waals surface area contributed by atoms with Gasteiger partial charge in [0.2, 0.25) is 5.91 Å². The van der Waals surface area contributed by atoms with Crippen LogP contribution in [0.2, 0.25) is 0 Å². The lowest BCUT2D eigenvalue weighted by Gasteiger charge is -2.17. The van der Waals surface area contributed by atoms with Gasteiger partial charge in [0.25, 0.3) is 0 Å². The zero-order chi connectivity index (χ0) is 13.3. The number of carbonyl (C=O) groups excluding carboxylic acids is 1. The number of halogens is 2. The minimum absolute atomic E-state index is 0.105. The van der Waals surface area contributed by atoms with Crippen molar-refractivity contribution in [2.24, 2.45) is 5.92 Å². The van der Waals surface area contributed by atoms with E-state index in [1.54, 1.807) is 12.1 Å². The molecule has 0 N–H and O–H groups in total. The largest absolute Gasteiger partial charge is 0.307 e. The fourth-order valence-corrected chi connectivity index (χ4v) is 2.00. The van der Waals surface area contributed by atoms with Gasteiger partial charge in [-0.1, -0.05) is 6.08 Å². The Hall–Kier alpha value is -2.22. The highest BCUT2D eigenvalue weighted by Crippen LogP contribution is 2.30. The van der Waals surface area contributed by atoms with Crippen LogP contribution in [0.1, 0.15) is 12.0 Å². The molecule has 1 aromatic carbocycles. The summed E-state index contributed by atoms with van der Waals surface area (Å²) in [4.78, 5) is 12.8. The molecule has 1 aromatic rings. The van der Waals surface area contributed by atoms with Gasteiger partial charge < -0.3 is 4.90 Å². The van der Waals surface area contributed by atoms with Gasteiger partial charge in [0.15, 0.2) is 11.6 Å². The van der Waals surface area contributed by atoms with Gasteiger partial charge in [0.05, 0.1) is 11.6 Å². The number of amides is 1. The van der Waals surface area contributed by atoms with Crippen molar-refractivity contribution >= 4 is 11.6 Å². The van der Waals surface area contributed by atoms with Crippen LogP contribution in [0, 0.1) is 28.9 Å². The van der Waals surface area contributed by atoms with Crippen LogP contribution in [0.25, 0.3) is 0 Å². The van der Waals surface area contributed by atoms with E-state index in [1.807, 2.05) is 0 Å². The Labute approximate surface area is 103 Å². The number of nitrogens with zero attached hydrogens (tertiary/aromatic N) is 2. The summed E-state index contributed by atoms with van der Waals surface area (Å²) in [5, 5.41) is 8.60. The molecule has 1 atom stereocenters. The van der Waals surface area contributed by atoms with Crippen molar-refractivity contribution in [3.05, 3.63) is 42.0 Å². The second-order valence-corrected chi connectivity index (χ2v) is 4.10. The highest BCUT2D eigenvalue weighted by molar-refractivity contribution is 5.96. The molecule has 2 rings (SSSR count).